The molecule has 0 saturated heterocycles. The van der Waals surface area contributed by atoms with Gasteiger partial charge in [0.2, 0.25) is 11.2 Å². The molecule has 0 unspecified atom stereocenters. The molecule has 0 atom stereocenters. The Morgan fingerprint density at radius 3 is 2.50 bits per heavy atom. The fraction of sp³-hybridized carbons (Fsp3) is 0.357. The van der Waals surface area contributed by atoms with Crippen molar-refractivity contribution in [2.45, 2.75) is 20.3 Å². The van der Waals surface area contributed by atoms with Crippen molar-refractivity contribution >= 4 is 23.2 Å². The van der Waals surface area contributed by atoms with Gasteiger partial charge in [0.05, 0.1) is 6.61 Å². The fourth-order valence-electron chi connectivity index (χ4n) is 1.75. The minimum Gasteiger partial charge on any atom is -0.463 e. The van der Waals surface area contributed by atoms with Crippen molar-refractivity contribution in [1.29, 1.82) is 0 Å². The van der Waals surface area contributed by atoms with Crippen LogP contribution in [0, 0.1) is 0 Å². The van der Waals surface area contributed by atoms with Crippen LogP contribution < -0.4 is 9.64 Å². The highest BCUT2D eigenvalue weighted by molar-refractivity contribution is 6.28. The van der Waals surface area contributed by atoms with E-state index < -0.39 is 0 Å². The Bertz CT molecular complexity index is 550. The van der Waals surface area contributed by atoms with Gasteiger partial charge in [0.1, 0.15) is 0 Å². The predicted octanol–water partition coefficient (Wildman–Crippen LogP) is 3.47. The molecule has 0 aliphatic rings. The molecular formula is C14H17ClN4O. The lowest BCUT2D eigenvalue weighted by Gasteiger charge is -2.21. The minimum atomic E-state index is 0.135. The molecule has 1 heterocycles. The first-order chi connectivity index (χ1) is 9.74. The topological polar surface area (TPSA) is 51.1 Å². The minimum absolute atomic E-state index is 0.135. The molecule has 0 spiro atoms. The average Bonchev–Trinajstić information content (AvgIpc) is 2.46. The molecule has 0 amide bonds. The Morgan fingerprint density at radius 2 is 1.85 bits per heavy atom. The summed E-state index contributed by atoms with van der Waals surface area (Å²) in [5.41, 5.74) is 0.999. The van der Waals surface area contributed by atoms with Gasteiger partial charge in [-0.1, -0.05) is 25.1 Å². The fourth-order valence-corrected chi connectivity index (χ4v) is 1.90. The molecule has 20 heavy (non-hydrogen) atoms. The van der Waals surface area contributed by atoms with E-state index in [-0.39, 0.29) is 11.3 Å². The zero-order valence-electron chi connectivity index (χ0n) is 11.6. The zero-order chi connectivity index (χ0) is 14.4. The van der Waals surface area contributed by atoms with Crippen LogP contribution in [0.1, 0.15) is 20.3 Å². The first-order valence-corrected chi connectivity index (χ1v) is 6.99. The second-order valence-corrected chi connectivity index (χ2v) is 4.45. The molecule has 0 N–H and O–H groups in total. The van der Waals surface area contributed by atoms with E-state index in [0.29, 0.717) is 12.6 Å². The van der Waals surface area contributed by atoms with Crippen LogP contribution in [-0.2, 0) is 0 Å². The lowest BCUT2D eigenvalue weighted by molar-refractivity contribution is 0.291. The largest absolute Gasteiger partial charge is 0.463 e. The molecule has 0 bridgehead atoms. The van der Waals surface area contributed by atoms with Gasteiger partial charge in [0.25, 0.3) is 0 Å². The third kappa shape index (κ3) is 3.57. The maximum Gasteiger partial charge on any atom is 0.322 e. The number of rotatable bonds is 6. The summed E-state index contributed by atoms with van der Waals surface area (Å²) in [7, 11) is 0. The molecule has 0 aliphatic carbocycles. The van der Waals surface area contributed by atoms with Crippen molar-refractivity contribution in [1.82, 2.24) is 15.0 Å². The highest BCUT2D eigenvalue weighted by Crippen LogP contribution is 2.23. The van der Waals surface area contributed by atoms with Gasteiger partial charge in [-0.2, -0.15) is 15.0 Å². The Balaban J connectivity index is 2.32. The van der Waals surface area contributed by atoms with Gasteiger partial charge < -0.3 is 9.64 Å². The van der Waals surface area contributed by atoms with Crippen molar-refractivity contribution in [2.75, 3.05) is 18.1 Å². The molecule has 0 aliphatic heterocycles. The number of nitrogens with zero attached hydrogens (tertiary/aromatic N) is 4. The molecule has 1 aromatic heterocycles. The van der Waals surface area contributed by atoms with E-state index in [0.717, 1.165) is 18.7 Å². The maximum absolute atomic E-state index is 5.95. The summed E-state index contributed by atoms with van der Waals surface area (Å²) in [6.45, 7) is 5.32. The first kappa shape index (κ1) is 14.5. The molecule has 6 heteroatoms. The SMILES string of the molecule is CCCOc1nc(Cl)nc(N(CC)c2ccccc2)n1. The molecule has 2 aromatic rings. The summed E-state index contributed by atoms with van der Waals surface area (Å²) in [6, 6.07) is 10.1. The van der Waals surface area contributed by atoms with Crippen LogP contribution in [0.25, 0.3) is 0 Å². The number of ether oxygens (including phenoxy) is 1. The Morgan fingerprint density at radius 1 is 1.10 bits per heavy atom. The summed E-state index contributed by atoms with van der Waals surface area (Å²) < 4.78 is 5.43. The second kappa shape index (κ2) is 7.05. The van der Waals surface area contributed by atoms with E-state index in [9.17, 15) is 0 Å². The van der Waals surface area contributed by atoms with Gasteiger partial charge >= 0.3 is 6.01 Å². The van der Waals surface area contributed by atoms with E-state index in [2.05, 4.69) is 15.0 Å². The zero-order valence-corrected chi connectivity index (χ0v) is 12.3. The molecule has 5 nitrogen and oxygen atoms in total. The maximum atomic E-state index is 5.95. The van der Waals surface area contributed by atoms with E-state index in [1.54, 1.807) is 0 Å². The highest BCUT2D eigenvalue weighted by Gasteiger charge is 2.13. The monoisotopic (exact) mass is 292 g/mol. The van der Waals surface area contributed by atoms with Crippen LogP contribution in [0.4, 0.5) is 11.6 Å². The molecule has 0 radical (unpaired) electrons. The van der Waals surface area contributed by atoms with Gasteiger partial charge in [0.15, 0.2) is 0 Å². The Labute approximate surface area is 123 Å². The molecule has 0 fully saturated rings. The van der Waals surface area contributed by atoms with Gasteiger partial charge in [-0.3, -0.25) is 0 Å². The van der Waals surface area contributed by atoms with Crippen molar-refractivity contribution in [3.63, 3.8) is 0 Å². The summed E-state index contributed by atoms with van der Waals surface area (Å²) in [4.78, 5) is 14.4. The van der Waals surface area contributed by atoms with Crippen molar-refractivity contribution < 1.29 is 4.74 Å². The highest BCUT2D eigenvalue weighted by atomic mass is 35.5. The smallest absolute Gasteiger partial charge is 0.322 e. The quantitative estimate of drug-likeness (QED) is 0.816. The number of hydrogen-bond donors (Lipinski definition) is 0. The van der Waals surface area contributed by atoms with E-state index in [1.807, 2.05) is 49.1 Å². The van der Waals surface area contributed by atoms with Crippen molar-refractivity contribution in [3.8, 4) is 6.01 Å². The lowest BCUT2D eigenvalue weighted by Crippen LogP contribution is -2.19. The Hall–Kier alpha value is -1.88. The third-order valence-electron chi connectivity index (χ3n) is 2.64. The number of hydrogen-bond acceptors (Lipinski definition) is 5. The Kier molecular flexibility index (Phi) is 5.12. The van der Waals surface area contributed by atoms with E-state index in [4.69, 9.17) is 16.3 Å². The first-order valence-electron chi connectivity index (χ1n) is 6.61. The molecule has 106 valence electrons. The number of benzene rings is 1. The van der Waals surface area contributed by atoms with Crippen LogP contribution in [-0.4, -0.2) is 28.1 Å². The molecule has 0 saturated carbocycles. The third-order valence-corrected chi connectivity index (χ3v) is 2.81. The van der Waals surface area contributed by atoms with Gasteiger partial charge in [-0.15, -0.1) is 0 Å². The predicted molar refractivity (Wildman–Crippen MR) is 79.7 cm³/mol. The van der Waals surface area contributed by atoms with Crippen molar-refractivity contribution in [2.24, 2.45) is 0 Å². The second-order valence-electron chi connectivity index (χ2n) is 4.12. The summed E-state index contributed by atoms with van der Waals surface area (Å²) in [6.07, 6.45) is 0.884. The molecule has 1 aromatic carbocycles. The van der Waals surface area contributed by atoms with Crippen LogP contribution in [0.15, 0.2) is 30.3 Å². The normalized spacial score (nSPS) is 10.3. The van der Waals surface area contributed by atoms with Crippen LogP contribution in [0.5, 0.6) is 6.01 Å². The summed E-state index contributed by atoms with van der Waals surface area (Å²) in [5.74, 6) is 0.491. The van der Waals surface area contributed by atoms with Gasteiger partial charge in [-0.05, 0) is 37.1 Å². The number of aromatic nitrogens is 3. The molecular weight excluding hydrogens is 276 g/mol. The van der Waals surface area contributed by atoms with E-state index in [1.165, 1.54) is 0 Å². The molecule has 2 rings (SSSR count). The van der Waals surface area contributed by atoms with E-state index >= 15 is 0 Å². The van der Waals surface area contributed by atoms with Crippen LogP contribution in [0.3, 0.4) is 0 Å². The number of para-hydroxylation sites is 1. The lowest BCUT2D eigenvalue weighted by atomic mass is 10.3. The number of anilines is 2. The van der Waals surface area contributed by atoms with Gasteiger partial charge in [0, 0.05) is 12.2 Å². The van der Waals surface area contributed by atoms with Gasteiger partial charge in [-0.25, -0.2) is 0 Å². The van der Waals surface area contributed by atoms with Crippen LogP contribution in [0.2, 0.25) is 5.28 Å². The summed E-state index contributed by atoms with van der Waals surface area (Å²) >= 11 is 5.95. The van der Waals surface area contributed by atoms with Crippen molar-refractivity contribution in [3.05, 3.63) is 35.6 Å². The summed E-state index contributed by atoms with van der Waals surface area (Å²) in [5, 5.41) is 0.135. The number of halogens is 1. The van der Waals surface area contributed by atoms with Crippen LogP contribution >= 0.6 is 11.6 Å². The standard InChI is InChI=1S/C14H17ClN4O/c1-3-10-20-14-17-12(15)16-13(18-14)19(4-2)11-8-6-5-7-9-11/h5-9H,3-4,10H2,1-2H3. The average molecular weight is 293 g/mol.